The number of rotatable bonds is 3. The van der Waals surface area contributed by atoms with Crippen molar-refractivity contribution in [1.82, 2.24) is 24.5 Å². The molecular formula is C24H27N5O2S. The largest absolute Gasteiger partial charge is 0.465 e. The molecule has 2 aliphatic heterocycles. The molecule has 3 atom stereocenters. The van der Waals surface area contributed by atoms with E-state index in [1.807, 2.05) is 15.9 Å². The van der Waals surface area contributed by atoms with Crippen molar-refractivity contribution in [2.75, 3.05) is 0 Å². The van der Waals surface area contributed by atoms with Gasteiger partial charge in [-0.15, -0.1) is 11.3 Å². The van der Waals surface area contributed by atoms with Crippen molar-refractivity contribution in [3.63, 3.8) is 0 Å². The van der Waals surface area contributed by atoms with Gasteiger partial charge in [-0.25, -0.2) is 14.3 Å². The maximum absolute atomic E-state index is 11.7. The normalized spacial score (nSPS) is 23.1. The minimum Gasteiger partial charge on any atom is -0.465 e. The molecule has 0 unspecified atom stereocenters. The molecule has 7 nitrogen and oxygen atoms in total. The number of carboxylic acid groups (broad SMARTS) is 1. The van der Waals surface area contributed by atoms with Crippen LogP contribution in [0.3, 0.4) is 0 Å². The predicted octanol–water partition coefficient (Wildman–Crippen LogP) is 5.76. The van der Waals surface area contributed by atoms with Crippen molar-refractivity contribution in [3.8, 4) is 11.3 Å². The highest BCUT2D eigenvalue weighted by Crippen LogP contribution is 2.48. The summed E-state index contributed by atoms with van der Waals surface area (Å²) in [5.74, 6) is 0.827. The minimum absolute atomic E-state index is 0.175. The smallest absolute Gasteiger partial charge is 0.407 e. The Bertz CT molecular complexity index is 1340. The summed E-state index contributed by atoms with van der Waals surface area (Å²) in [5, 5.41) is 13.9. The van der Waals surface area contributed by atoms with Gasteiger partial charge in [0, 0.05) is 28.7 Å². The van der Waals surface area contributed by atoms with Crippen molar-refractivity contribution < 1.29 is 9.90 Å². The summed E-state index contributed by atoms with van der Waals surface area (Å²) in [5.41, 5.74) is 6.82. The average Bonchev–Trinajstić information content (AvgIpc) is 3.48. The highest BCUT2D eigenvalue weighted by molar-refractivity contribution is 7.19. The highest BCUT2D eigenvalue weighted by Gasteiger charge is 2.44. The first-order chi connectivity index (χ1) is 15.4. The zero-order valence-corrected chi connectivity index (χ0v) is 19.3. The summed E-state index contributed by atoms with van der Waals surface area (Å²) in [7, 11) is 0. The third kappa shape index (κ3) is 2.88. The number of aromatic amines is 1. The summed E-state index contributed by atoms with van der Waals surface area (Å²) in [6.07, 6.45) is 6.79. The van der Waals surface area contributed by atoms with E-state index in [0.29, 0.717) is 11.8 Å². The van der Waals surface area contributed by atoms with Gasteiger partial charge in [-0.2, -0.15) is 5.10 Å². The molecule has 0 aromatic carbocycles. The van der Waals surface area contributed by atoms with E-state index < -0.39 is 6.09 Å². The molecule has 0 saturated carbocycles. The Hall–Kier alpha value is -2.87. The molecule has 2 fully saturated rings. The Morgan fingerprint density at radius 3 is 2.69 bits per heavy atom. The van der Waals surface area contributed by atoms with E-state index in [4.69, 9.17) is 0 Å². The molecule has 166 valence electrons. The van der Waals surface area contributed by atoms with Crippen LogP contribution in [0, 0.1) is 6.92 Å². The van der Waals surface area contributed by atoms with Crippen molar-refractivity contribution in [2.24, 2.45) is 0 Å². The minimum atomic E-state index is -0.749. The Morgan fingerprint density at radius 2 is 2.00 bits per heavy atom. The Labute approximate surface area is 190 Å². The van der Waals surface area contributed by atoms with Crippen molar-refractivity contribution in [3.05, 3.63) is 40.7 Å². The summed E-state index contributed by atoms with van der Waals surface area (Å²) in [6, 6.07) is 4.85. The van der Waals surface area contributed by atoms with Gasteiger partial charge >= 0.3 is 6.09 Å². The zero-order valence-electron chi connectivity index (χ0n) is 18.5. The predicted molar refractivity (Wildman–Crippen MR) is 126 cm³/mol. The van der Waals surface area contributed by atoms with Crippen LogP contribution in [0.4, 0.5) is 4.79 Å². The fourth-order valence-electron chi connectivity index (χ4n) is 5.95. The van der Waals surface area contributed by atoms with Crippen LogP contribution in [0.15, 0.2) is 24.7 Å². The Balaban J connectivity index is 1.40. The molecule has 6 heterocycles. The van der Waals surface area contributed by atoms with Gasteiger partial charge in [0.05, 0.1) is 15.9 Å². The lowest BCUT2D eigenvalue weighted by Gasteiger charge is -2.36. The van der Waals surface area contributed by atoms with Crippen LogP contribution in [-0.2, 0) is 0 Å². The number of nitrogens with one attached hydrogen (secondary N) is 1. The second-order valence-electron chi connectivity index (χ2n) is 9.64. The number of nitrogens with zero attached hydrogens (tertiary/aromatic N) is 4. The molecule has 2 N–H and O–H groups in total. The van der Waals surface area contributed by atoms with E-state index in [1.54, 1.807) is 11.2 Å². The fourth-order valence-corrected chi connectivity index (χ4v) is 7.39. The molecule has 2 bridgehead atoms. The molecular weight excluding hydrogens is 422 g/mol. The first kappa shape index (κ1) is 19.8. The molecule has 4 aromatic heterocycles. The van der Waals surface area contributed by atoms with Gasteiger partial charge in [0.15, 0.2) is 5.65 Å². The first-order valence-corrected chi connectivity index (χ1v) is 12.2. The lowest BCUT2D eigenvalue weighted by atomic mass is 9.90. The lowest BCUT2D eigenvalue weighted by Crippen LogP contribution is -2.45. The van der Waals surface area contributed by atoms with Crippen LogP contribution in [0.5, 0.6) is 0 Å². The number of aryl methyl sites for hydroxylation is 1. The maximum atomic E-state index is 11.7. The van der Waals surface area contributed by atoms with Crippen LogP contribution in [0.1, 0.15) is 67.4 Å². The van der Waals surface area contributed by atoms with E-state index in [1.165, 1.54) is 20.7 Å². The van der Waals surface area contributed by atoms with E-state index >= 15 is 0 Å². The Morgan fingerprint density at radius 1 is 1.25 bits per heavy atom. The number of thiophene rings is 1. The molecule has 0 aliphatic carbocycles. The number of hydrogen-bond donors (Lipinski definition) is 2. The van der Waals surface area contributed by atoms with Gasteiger partial charge in [-0.1, -0.05) is 13.8 Å². The van der Waals surface area contributed by atoms with Crippen LogP contribution in [-0.4, -0.2) is 47.8 Å². The van der Waals surface area contributed by atoms with Crippen LogP contribution in [0.2, 0.25) is 0 Å². The molecule has 4 aromatic rings. The van der Waals surface area contributed by atoms with E-state index in [0.717, 1.165) is 48.2 Å². The molecule has 1 amide bonds. The summed E-state index contributed by atoms with van der Waals surface area (Å²) in [4.78, 5) is 22.8. The quantitative estimate of drug-likeness (QED) is 0.416. The summed E-state index contributed by atoms with van der Waals surface area (Å²) >= 11 is 1.89. The van der Waals surface area contributed by atoms with Gasteiger partial charge in [0.2, 0.25) is 0 Å². The van der Waals surface area contributed by atoms with Gasteiger partial charge in [0.1, 0.15) is 6.33 Å². The second kappa shape index (κ2) is 7.07. The van der Waals surface area contributed by atoms with Crippen LogP contribution < -0.4 is 0 Å². The van der Waals surface area contributed by atoms with Crippen molar-refractivity contribution >= 4 is 33.3 Å². The van der Waals surface area contributed by atoms with E-state index in [9.17, 15) is 9.90 Å². The molecule has 2 saturated heterocycles. The van der Waals surface area contributed by atoms with Crippen molar-refractivity contribution in [1.29, 1.82) is 0 Å². The van der Waals surface area contributed by atoms with E-state index in [2.05, 4.69) is 54.2 Å². The number of amides is 1. The second-order valence-corrected chi connectivity index (χ2v) is 10.7. The monoisotopic (exact) mass is 449 g/mol. The zero-order chi connectivity index (χ0) is 22.1. The van der Waals surface area contributed by atoms with Crippen molar-refractivity contribution in [2.45, 2.75) is 70.4 Å². The fraction of sp³-hybridized carbons (Fsp3) is 0.458. The average molecular weight is 450 g/mol. The molecule has 0 radical (unpaired) electrons. The standard InChI is InChI=1S/C24H27N5O2S/c1-12(2)20-21(15-6-13(3)23-25-11-26-28(23)10-15)27-18-9-19(32-22(18)20)14-7-16-4-5-17(8-14)29(16)24(30)31/h6,9-12,14,16-17,27H,4-5,7-8H2,1-3H3,(H,30,31)/t14-,16-,17+. The molecule has 32 heavy (non-hydrogen) atoms. The summed E-state index contributed by atoms with van der Waals surface area (Å²) < 4.78 is 3.18. The molecule has 0 spiro atoms. The van der Waals surface area contributed by atoms with Crippen LogP contribution in [0.25, 0.3) is 27.1 Å². The van der Waals surface area contributed by atoms with E-state index in [-0.39, 0.29) is 12.1 Å². The number of fused-ring (bicyclic) bond motifs is 4. The van der Waals surface area contributed by atoms with Crippen LogP contribution >= 0.6 is 11.3 Å². The maximum Gasteiger partial charge on any atom is 0.407 e. The number of carbonyl (C=O) groups is 1. The number of aromatic nitrogens is 4. The van der Waals surface area contributed by atoms with Gasteiger partial charge in [0.25, 0.3) is 0 Å². The lowest BCUT2D eigenvalue weighted by molar-refractivity contribution is 0.0969. The number of H-pyrrole nitrogens is 1. The highest BCUT2D eigenvalue weighted by atomic mass is 32.1. The summed E-state index contributed by atoms with van der Waals surface area (Å²) in [6.45, 7) is 6.57. The number of pyridine rings is 1. The van der Waals surface area contributed by atoms with Gasteiger partial charge < -0.3 is 15.0 Å². The number of piperidine rings is 1. The van der Waals surface area contributed by atoms with Gasteiger partial charge in [-0.3, -0.25) is 0 Å². The SMILES string of the molecule is Cc1cc(-c2[nH]c3cc([C@@H]4C[C@H]5CC[C@@H](C4)N5C(=O)O)sc3c2C(C)C)cn2ncnc12. The third-order valence-corrected chi connectivity index (χ3v) is 8.64. The third-order valence-electron chi connectivity index (χ3n) is 7.31. The topological polar surface area (TPSA) is 86.5 Å². The molecule has 6 rings (SSSR count). The first-order valence-electron chi connectivity index (χ1n) is 11.4. The number of hydrogen-bond acceptors (Lipinski definition) is 4. The molecule has 8 heteroatoms. The Kier molecular flexibility index (Phi) is 4.37. The van der Waals surface area contributed by atoms with Gasteiger partial charge in [-0.05, 0) is 67.7 Å². The molecule has 2 aliphatic rings.